The Morgan fingerprint density at radius 2 is 2.10 bits per heavy atom. The van der Waals surface area contributed by atoms with Gasteiger partial charge in [-0.05, 0) is 40.2 Å². The molecule has 2 rings (SSSR count). The predicted molar refractivity (Wildman–Crippen MR) is 85.2 cm³/mol. The molecule has 0 aliphatic rings. The van der Waals surface area contributed by atoms with Crippen LogP contribution in [0.1, 0.15) is 0 Å². The lowest BCUT2D eigenvalue weighted by molar-refractivity contribution is 0.400. The van der Waals surface area contributed by atoms with Gasteiger partial charge in [-0.1, -0.05) is 11.6 Å². The van der Waals surface area contributed by atoms with Crippen molar-refractivity contribution in [1.29, 1.82) is 0 Å². The van der Waals surface area contributed by atoms with Crippen molar-refractivity contribution in [2.45, 2.75) is 4.90 Å². The van der Waals surface area contributed by atoms with Crippen LogP contribution in [0.5, 0.6) is 5.75 Å². The van der Waals surface area contributed by atoms with Crippen LogP contribution in [-0.4, -0.2) is 20.5 Å². The zero-order chi connectivity index (χ0) is 15.6. The number of nitrogens with one attached hydrogen (secondary N) is 1. The summed E-state index contributed by atoms with van der Waals surface area (Å²) in [5.41, 5.74) is 5.73. The summed E-state index contributed by atoms with van der Waals surface area (Å²) in [6.07, 6.45) is 1.32. The molecule has 0 unspecified atom stereocenters. The highest BCUT2D eigenvalue weighted by molar-refractivity contribution is 9.10. The lowest BCUT2D eigenvalue weighted by Crippen LogP contribution is -2.14. The van der Waals surface area contributed by atoms with E-state index in [0.29, 0.717) is 10.3 Å². The fourth-order valence-corrected chi connectivity index (χ4v) is 4.04. The molecule has 112 valence electrons. The number of rotatable bonds is 4. The minimum absolute atomic E-state index is 0.0822. The summed E-state index contributed by atoms with van der Waals surface area (Å²) in [7, 11) is -2.51. The van der Waals surface area contributed by atoms with E-state index in [0.717, 1.165) is 0 Å². The fraction of sp³-hybridized carbons (Fsp3) is 0.0833. The van der Waals surface area contributed by atoms with Crippen molar-refractivity contribution < 1.29 is 13.2 Å². The maximum atomic E-state index is 12.4. The van der Waals surface area contributed by atoms with Crippen LogP contribution in [0.15, 0.2) is 39.8 Å². The summed E-state index contributed by atoms with van der Waals surface area (Å²) in [5, 5.41) is 0.262. The van der Waals surface area contributed by atoms with Crippen molar-refractivity contribution >= 4 is 49.1 Å². The molecule has 1 aromatic heterocycles. The highest BCUT2D eigenvalue weighted by Crippen LogP contribution is 2.36. The molecule has 21 heavy (non-hydrogen) atoms. The second kappa shape index (κ2) is 6.08. The van der Waals surface area contributed by atoms with E-state index in [9.17, 15) is 8.42 Å². The third-order valence-electron chi connectivity index (χ3n) is 2.51. The summed E-state index contributed by atoms with van der Waals surface area (Å²) in [6.45, 7) is 0. The Balaban J connectivity index is 2.46. The number of methoxy groups -OCH3 is 1. The second-order valence-corrected chi connectivity index (χ2v) is 6.94. The van der Waals surface area contributed by atoms with Gasteiger partial charge in [0.05, 0.1) is 23.5 Å². The average Bonchev–Trinajstić information content (AvgIpc) is 2.40. The van der Waals surface area contributed by atoms with Gasteiger partial charge < -0.3 is 10.5 Å². The summed E-state index contributed by atoms with van der Waals surface area (Å²) >= 11 is 9.12. The van der Waals surface area contributed by atoms with E-state index >= 15 is 0 Å². The first-order valence-corrected chi connectivity index (χ1v) is 8.26. The third kappa shape index (κ3) is 3.58. The number of anilines is 2. The van der Waals surface area contributed by atoms with Crippen LogP contribution in [0, 0.1) is 0 Å². The van der Waals surface area contributed by atoms with Crippen LogP contribution >= 0.6 is 27.5 Å². The minimum Gasteiger partial charge on any atom is -0.494 e. The van der Waals surface area contributed by atoms with E-state index in [1.165, 1.54) is 31.5 Å². The van der Waals surface area contributed by atoms with Crippen LogP contribution in [0.25, 0.3) is 0 Å². The Kier molecular flexibility index (Phi) is 4.60. The van der Waals surface area contributed by atoms with Gasteiger partial charge in [0.1, 0.15) is 10.7 Å². The summed E-state index contributed by atoms with van der Waals surface area (Å²) in [5.74, 6) is 0.455. The highest BCUT2D eigenvalue weighted by atomic mass is 79.9. The Hall–Kier alpha value is -1.51. The minimum atomic E-state index is -3.88. The van der Waals surface area contributed by atoms with Gasteiger partial charge in [0, 0.05) is 5.02 Å². The molecule has 6 nitrogen and oxygen atoms in total. The Morgan fingerprint density at radius 3 is 2.67 bits per heavy atom. The van der Waals surface area contributed by atoms with E-state index in [1.807, 2.05) is 0 Å². The molecule has 0 radical (unpaired) electrons. The fourth-order valence-electron chi connectivity index (χ4n) is 1.61. The van der Waals surface area contributed by atoms with Gasteiger partial charge in [0.25, 0.3) is 10.0 Å². The van der Waals surface area contributed by atoms with Crippen molar-refractivity contribution in [2.75, 3.05) is 17.6 Å². The Bertz CT molecular complexity index is 766. The summed E-state index contributed by atoms with van der Waals surface area (Å²) in [4.78, 5) is 3.74. The smallest absolute Gasteiger partial charge is 0.265 e. The Labute approximate surface area is 135 Å². The van der Waals surface area contributed by atoms with E-state index in [2.05, 4.69) is 25.6 Å². The molecule has 0 aliphatic heterocycles. The molecule has 9 heteroatoms. The molecule has 0 bridgehead atoms. The van der Waals surface area contributed by atoms with Crippen molar-refractivity contribution in [3.8, 4) is 5.75 Å². The molecule has 1 heterocycles. The van der Waals surface area contributed by atoms with Gasteiger partial charge in [0.2, 0.25) is 0 Å². The van der Waals surface area contributed by atoms with Crippen molar-refractivity contribution in [3.63, 3.8) is 0 Å². The third-order valence-corrected chi connectivity index (χ3v) is 4.70. The Morgan fingerprint density at radius 1 is 1.38 bits per heavy atom. The summed E-state index contributed by atoms with van der Waals surface area (Å²) in [6, 6.07) is 5.84. The number of halogens is 2. The molecular weight excluding hydrogens is 382 g/mol. The van der Waals surface area contributed by atoms with E-state index in [-0.39, 0.29) is 21.4 Å². The normalized spacial score (nSPS) is 11.2. The molecule has 0 fully saturated rings. The number of nitrogens with zero attached hydrogens (tertiary/aromatic N) is 1. The second-order valence-electron chi connectivity index (χ2n) is 4.00. The van der Waals surface area contributed by atoms with Crippen LogP contribution in [0.4, 0.5) is 11.5 Å². The van der Waals surface area contributed by atoms with Gasteiger partial charge >= 0.3 is 0 Å². The number of nitrogens with two attached hydrogens (primary N) is 1. The molecule has 0 aliphatic carbocycles. The number of ether oxygens (including phenoxy) is 1. The molecule has 0 atom stereocenters. The van der Waals surface area contributed by atoms with Gasteiger partial charge in [0.15, 0.2) is 5.75 Å². The molecule has 0 spiro atoms. The standard InChI is InChI=1S/C12H11BrClN3O3S/c1-20-12-9(13)4-7(14)5-10(12)21(18,19)17-8-2-3-11(15)16-6-8/h2-6,17H,1H3,(H2,15,16). The number of hydrogen-bond acceptors (Lipinski definition) is 5. The molecule has 1 aromatic carbocycles. The molecular formula is C12H11BrClN3O3S. The SMILES string of the molecule is COc1c(Br)cc(Cl)cc1S(=O)(=O)Nc1ccc(N)nc1. The maximum absolute atomic E-state index is 12.4. The molecule has 2 aromatic rings. The van der Waals surface area contributed by atoms with Crippen molar-refractivity contribution in [2.24, 2.45) is 0 Å². The van der Waals surface area contributed by atoms with Crippen LogP contribution in [-0.2, 0) is 10.0 Å². The number of aromatic nitrogens is 1. The van der Waals surface area contributed by atoms with Gasteiger partial charge in [-0.3, -0.25) is 4.72 Å². The number of nitrogen functional groups attached to an aromatic ring is 1. The molecule has 0 saturated heterocycles. The first-order valence-electron chi connectivity index (χ1n) is 5.61. The van der Waals surface area contributed by atoms with E-state index < -0.39 is 10.0 Å². The van der Waals surface area contributed by atoms with Crippen LogP contribution in [0.2, 0.25) is 5.02 Å². The summed E-state index contributed by atoms with van der Waals surface area (Å²) < 4.78 is 32.8. The number of benzene rings is 1. The number of hydrogen-bond donors (Lipinski definition) is 2. The monoisotopic (exact) mass is 391 g/mol. The maximum Gasteiger partial charge on any atom is 0.265 e. The lowest BCUT2D eigenvalue weighted by atomic mass is 10.3. The lowest BCUT2D eigenvalue weighted by Gasteiger charge is -2.13. The van der Waals surface area contributed by atoms with E-state index in [1.54, 1.807) is 6.07 Å². The average molecular weight is 393 g/mol. The van der Waals surface area contributed by atoms with Crippen LogP contribution < -0.4 is 15.2 Å². The van der Waals surface area contributed by atoms with Gasteiger partial charge in [-0.25, -0.2) is 13.4 Å². The molecule has 0 saturated carbocycles. The predicted octanol–water partition coefficient (Wildman–Crippen LogP) is 2.89. The number of sulfonamides is 1. The quantitative estimate of drug-likeness (QED) is 0.834. The van der Waals surface area contributed by atoms with Gasteiger partial charge in [-0.15, -0.1) is 0 Å². The first kappa shape index (κ1) is 15.9. The zero-order valence-electron chi connectivity index (χ0n) is 10.8. The molecule has 3 N–H and O–H groups in total. The first-order chi connectivity index (χ1) is 9.83. The van der Waals surface area contributed by atoms with Gasteiger partial charge in [-0.2, -0.15) is 0 Å². The topological polar surface area (TPSA) is 94.3 Å². The van der Waals surface area contributed by atoms with E-state index in [4.69, 9.17) is 22.1 Å². The largest absolute Gasteiger partial charge is 0.494 e. The van der Waals surface area contributed by atoms with Crippen molar-refractivity contribution in [1.82, 2.24) is 4.98 Å². The highest BCUT2D eigenvalue weighted by Gasteiger charge is 2.22. The zero-order valence-corrected chi connectivity index (χ0v) is 14.0. The molecule has 0 amide bonds. The van der Waals surface area contributed by atoms with Crippen LogP contribution in [0.3, 0.4) is 0 Å². The number of pyridine rings is 1. The van der Waals surface area contributed by atoms with Crippen molar-refractivity contribution in [3.05, 3.63) is 40.0 Å².